The molecule has 0 saturated heterocycles. The van der Waals surface area contributed by atoms with Crippen molar-refractivity contribution in [3.05, 3.63) is 84.7 Å². The molecule has 0 atom stereocenters. The van der Waals surface area contributed by atoms with Gasteiger partial charge in [-0.1, -0.05) is 45.2 Å². The Morgan fingerprint density at radius 1 is 1.24 bits per heavy atom. The van der Waals surface area contributed by atoms with Gasteiger partial charge in [0.25, 0.3) is 5.88 Å². The van der Waals surface area contributed by atoms with Gasteiger partial charge in [0, 0.05) is 49.7 Å². The minimum absolute atomic E-state index is 0.561. The van der Waals surface area contributed by atoms with Gasteiger partial charge in [0.05, 0.1) is 19.0 Å². The number of aromatic nitrogens is 4. The molecule has 2 N–H and O–H groups in total. The van der Waals surface area contributed by atoms with Gasteiger partial charge >= 0.3 is 0 Å². The van der Waals surface area contributed by atoms with Gasteiger partial charge in [-0.25, -0.2) is 4.98 Å². The van der Waals surface area contributed by atoms with E-state index < -0.39 is 0 Å². The Hall–Kier alpha value is -4.07. The predicted molar refractivity (Wildman–Crippen MR) is 157 cm³/mol. The van der Waals surface area contributed by atoms with Crippen LogP contribution in [0.2, 0.25) is 0 Å². The molecule has 1 saturated carbocycles. The summed E-state index contributed by atoms with van der Waals surface area (Å²) in [6, 6.07) is 7.93. The van der Waals surface area contributed by atoms with Gasteiger partial charge in [-0.05, 0) is 50.0 Å². The molecule has 1 aliphatic carbocycles. The Morgan fingerprint density at radius 3 is 2.58 bits per heavy atom. The van der Waals surface area contributed by atoms with Gasteiger partial charge in [-0.2, -0.15) is 0 Å². The molecule has 2 heterocycles. The Labute approximate surface area is 227 Å². The van der Waals surface area contributed by atoms with E-state index in [1.165, 1.54) is 18.5 Å². The molecule has 204 valence electrons. The zero-order valence-corrected chi connectivity index (χ0v) is 23.6. The van der Waals surface area contributed by atoms with Crippen molar-refractivity contribution in [2.45, 2.75) is 52.4 Å². The number of ether oxygens (including phenoxy) is 1. The van der Waals surface area contributed by atoms with Crippen LogP contribution in [0.25, 0.3) is 5.70 Å². The smallest absolute Gasteiger partial charge is 0.256 e. The van der Waals surface area contributed by atoms with Gasteiger partial charge in [0.2, 0.25) is 0 Å². The standard InChI is InChI=1S/C15H21N5O.C13H15NO.C2H6/c1-5-11(17-12-9-19(2)18-15(12)21-4)14-16-8-13(20(14)3)10-6-7-10;1-3-11(2)14-13-8-4-6-12(10-13)7-5-9-15;1-2/h5,8-10,17H,6-7H2,1-4H3;3-4,6,8-10,14H,1-2,5,7H2;1-2H3/b11-5+;;. The molecule has 1 fully saturated rings. The first kappa shape index (κ1) is 30.2. The Morgan fingerprint density at radius 2 is 1.97 bits per heavy atom. The van der Waals surface area contributed by atoms with Crippen LogP contribution in [0, 0.1) is 0 Å². The first-order valence-electron chi connectivity index (χ1n) is 13.0. The summed E-state index contributed by atoms with van der Waals surface area (Å²) < 4.78 is 9.18. The number of benzene rings is 1. The van der Waals surface area contributed by atoms with Crippen LogP contribution in [0.4, 0.5) is 11.4 Å². The molecule has 0 bridgehead atoms. The van der Waals surface area contributed by atoms with Crippen LogP contribution < -0.4 is 15.4 Å². The van der Waals surface area contributed by atoms with E-state index in [2.05, 4.69) is 45.5 Å². The number of nitrogens with one attached hydrogen (secondary N) is 2. The summed E-state index contributed by atoms with van der Waals surface area (Å²) in [4.78, 5) is 14.8. The first-order valence-corrected chi connectivity index (χ1v) is 13.0. The third-order valence-electron chi connectivity index (χ3n) is 5.84. The van der Waals surface area contributed by atoms with Gasteiger partial charge in [0.1, 0.15) is 12.0 Å². The summed E-state index contributed by atoms with van der Waals surface area (Å²) >= 11 is 0. The number of methoxy groups -OCH3 is 1. The van der Waals surface area contributed by atoms with Crippen LogP contribution in [0.3, 0.4) is 0 Å². The summed E-state index contributed by atoms with van der Waals surface area (Å²) in [5, 5.41) is 10.7. The summed E-state index contributed by atoms with van der Waals surface area (Å²) in [6.07, 6.45) is 12.4. The lowest BCUT2D eigenvalue weighted by Crippen LogP contribution is -2.07. The molecule has 3 aromatic rings. The molecule has 1 aromatic carbocycles. The van der Waals surface area contributed by atoms with E-state index in [1.807, 2.05) is 70.6 Å². The fraction of sp³-hybridized carbons (Fsp3) is 0.367. The molecule has 4 rings (SSSR count). The van der Waals surface area contributed by atoms with E-state index in [1.54, 1.807) is 17.9 Å². The molecular formula is C30H42N6O2. The largest absolute Gasteiger partial charge is 0.478 e. The maximum Gasteiger partial charge on any atom is 0.256 e. The summed E-state index contributed by atoms with van der Waals surface area (Å²) in [5.74, 6) is 2.20. The number of carbonyl (C=O) groups is 1. The van der Waals surface area contributed by atoms with Crippen molar-refractivity contribution in [3.8, 4) is 5.88 Å². The highest BCUT2D eigenvalue weighted by molar-refractivity contribution is 5.75. The highest BCUT2D eigenvalue weighted by Gasteiger charge is 2.28. The van der Waals surface area contributed by atoms with Gasteiger partial charge in [-0.3, -0.25) is 4.68 Å². The predicted octanol–water partition coefficient (Wildman–Crippen LogP) is 6.47. The second-order valence-corrected chi connectivity index (χ2v) is 8.65. The first-order chi connectivity index (χ1) is 18.4. The number of rotatable bonds is 11. The summed E-state index contributed by atoms with van der Waals surface area (Å²) in [7, 11) is 5.56. The molecule has 0 aliphatic heterocycles. The number of hydrogen-bond acceptors (Lipinski definition) is 6. The van der Waals surface area contributed by atoms with E-state index >= 15 is 0 Å². The quantitative estimate of drug-likeness (QED) is 0.224. The number of allylic oxidation sites excluding steroid dienone is 2. The highest BCUT2D eigenvalue weighted by atomic mass is 16.5. The number of anilines is 2. The van der Waals surface area contributed by atoms with Crippen molar-refractivity contribution in [3.63, 3.8) is 0 Å². The van der Waals surface area contributed by atoms with Crippen LogP contribution in [0.5, 0.6) is 5.88 Å². The molecule has 1 aliphatic rings. The van der Waals surface area contributed by atoms with E-state index in [9.17, 15) is 4.79 Å². The molecule has 8 nitrogen and oxygen atoms in total. The lowest BCUT2D eigenvalue weighted by molar-refractivity contribution is -0.107. The van der Waals surface area contributed by atoms with Crippen LogP contribution in [-0.2, 0) is 25.3 Å². The molecule has 0 radical (unpaired) electrons. The second kappa shape index (κ2) is 15.2. The van der Waals surface area contributed by atoms with Crippen molar-refractivity contribution in [1.82, 2.24) is 19.3 Å². The number of carbonyl (C=O) groups excluding carboxylic acids is 1. The minimum atomic E-state index is 0.561. The fourth-order valence-electron chi connectivity index (χ4n) is 3.80. The number of aldehydes is 1. The van der Waals surface area contributed by atoms with Gasteiger partial charge < -0.3 is 24.7 Å². The van der Waals surface area contributed by atoms with E-state index in [0.717, 1.165) is 46.9 Å². The molecule has 2 aromatic heterocycles. The van der Waals surface area contributed by atoms with E-state index in [-0.39, 0.29) is 0 Å². The Bertz CT molecular complexity index is 1230. The fourth-order valence-corrected chi connectivity index (χ4v) is 3.80. The molecular weight excluding hydrogens is 476 g/mol. The zero-order valence-electron chi connectivity index (χ0n) is 23.6. The minimum Gasteiger partial charge on any atom is -0.478 e. The van der Waals surface area contributed by atoms with Crippen LogP contribution in [0.1, 0.15) is 63.0 Å². The molecule has 8 heteroatoms. The molecule has 0 amide bonds. The van der Waals surface area contributed by atoms with Crippen molar-refractivity contribution in [2.75, 3.05) is 17.7 Å². The molecule has 38 heavy (non-hydrogen) atoms. The number of aryl methyl sites for hydroxylation is 2. The third-order valence-corrected chi connectivity index (χ3v) is 5.84. The maximum absolute atomic E-state index is 10.2. The van der Waals surface area contributed by atoms with Crippen LogP contribution in [0.15, 0.2) is 67.7 Å². The van der Waals surface area contributed by atoms with Gasteiger partial charge in [0.15, 0.2) is 5.82 Å². The highest BCUT2D eigenvalue weighted by Crippen LogP contribution is 2.40. The normalized spacial score (nSPS) is 12.3. The second-order valence-electron chi connectivity index (χ2n) is 8.65. The monoisotopic (exact) mass is 518 g/mol. The lowest BCUT2D eigenvalue weighted by Gasteiger charge is -2.11. The number of imidazole rings is 1. The van der Waals surface area contributed by atoms with Gasteiger partial charge in [-0.15, -0.1) is 5.10 Å². The topological polar surface area (TPSA) is 86.0 Å². The van der Waals surface area contributed by atoms with Crippen molar-refractivity contribution >= 4 is 23.4 Å². The Balaban J connectivity index is 0.000000264. The maximum atomic E-state index is 10.2. The van der Waals surface area contributed by atoms with Crippen LogP contribution in [-0.4, -0.2) is 32.7 Å². The van der Waals surface area contributed by atoms with Crippen molar-refractivity contribution in [2.24, 2.45) is 14.1 Å². The summed E-state index contributed by atoms with van der Waals surface area (Å²) in [5.41, 5.74) is 5.99. The SMILES string of the molecule is C/C=C(/Nc1cn(C)nc1OC)c1ncc(C2CC2)n1C.C=CC(=C)Nc1cccc(CCC=O)c1.CC. The molecule has 0 unspecified atom stereocenters. The average molecular weight is 519 g/mol. The summed E-state index contributed by atoms with van der Waals surface area (Å²) in [6.45, 7) is 13.4. The average Bonchev–Trinajstić information content (AvgIpc) is 3.61. The van der Waals surface area contributed by atoms with Crippen molar-refractivity contribution < 1.29 is 9.53 Å². The van der Waals surface area contributed by atoms with Crippen LogP contribution >= 0.6 is 0 Å². The van der Waals surface area contributed by atoms with Crippen molar-refractivity contribution in [1.29, 1.82) is 0 Å². The molecule has 0 spiro atoms. The lowest BCUT2D eigenvalue weighted by atomic mass is 10.1. The van der Waals surface area contributed by atoms with E-state index in [0.29, 0.717) is 18.2 Å². The zero-order chi connectivity index (χ0) is 28.1. The van der Waals surface area contributed by atoms with E-state index in [4.69, 9.17) is 4.74 Å². The third kappa shape index (κ3) is 8.50. The number of nitrogens with zero attached hydrogens (tertiary/aromatic N) is 4. The number of hydrogen-bond donors (Lipinski definition) is 2. The Kier molecular flexibility index (Phi) is 12.1.